The molecule has 3 aromatic carbocycles. The summed E-state index contributed by atoms with van der Waals surface area (Å²) < 4.78 is 0. The Kier molecular flexibility index (Phi) is 11.5. The van der Waals surface area contributed by atoms with Gasteiger partial charge in [0.05, 0.1) is 6.04 Å². The van der Waals surface area contributed by atoms with Gasteiger partial charge in [-0.05, 0) is 41.5 Å². The van der Waals surface area contributed by atoms with Crippen molar-refractivity contribution in [2.45, 2.75) is 63.7 Å². The van der Waals surface area contributed by atoms with E-state index in [2.05, 4.69) is 20.9 Å². The first kappa shape index (κ1) is 32.9. The largest absolute Gasteiger partial charge is 0.480 e. The van der Waals surface area contributed by atoms with Crippen molar-refractivity contribution in [3.63, 3.8) is 0 Å². The van der Waals surface area contributed by atoms with Crippen molar-refractivity contribution in [1.82, 2.24) is 20.9 Å². The Morgan fingerprint density at radius 1 is 0.689 bits per heavy atom. The second-order valence-corrected chi connectivity index (χ2v) is 11.7. The van der Waals surface area contributed by atoms with Crippen molar-refractivity contribution < 1.29 is 24.3 Å². The molecule has 10 nitrogen and oxygen atoms in total. The lowest BCUT2D eigenvalue weighted by Gasteiger charge is -2.26. The van der Waals surface area contributed by atoms with E-state index in [4.69, 9.17) is 5.73 Å². The second-order valence-electron chi connectivity index (χ2n) is 11.7. The lowest BCUT2D eigenvalue weighted by molar-refractivity contribution is -0.142. The Morgan fingerprint density at radius 3 is 1.84 bits per heavy atom. The number of carbonyl (C=O) groups excluding carboxylic acids is 3. The van der Waals surface area contributed by atoms with Crippen LogP contribution in [-0.4, -0.2) is 57.9 Å². The van der Waals surface area contributed by atoms with E-state index in [1.807, 2.05) is 98.8 Å². The highest BCUT2D eigenvalue weighted by Crippen LogP contribution is 2.19. The number of aliphatic carboxylic acids is 1. The smallest absolute Gasteiger partial charge is 0.326 e. The molecule has 4 aromatic rings. The maximum Gasteiger partial charge on any atom is 0.326 e. The number of para-hydroxylation sites is 1. The summed E-state index contributed by atoms with van der Waals surface area (Å²) in [5, 5.41) is 19.1. The minimum atomic E-state index is -1.22. The van der Waals surface area contributed by atoms with Crippen molar-refractivity contribution in [3.8, 4) is 0 Å². The van der Waals surface area contributed by atoms with Crippen LogP contribution in [0.5, 0.6) is 0 Å². The van der Waals surface area contributed by atoms with Crippen LogP contribution in [0.1, 0.15) is 37.0 Å². The number of benzene rings is 3. The van der Waals surface area contributed by atoms with E-state index in [0.717, 1.165) is 27.6 Å². The fourth-order valence-corrected chi connectivity index (χ4v) is 5.27. The van der Waals surface area contributed by atoms with Gasteiger partial charge in [0, 0.05) is 29.9 Å². The van der Waals surface area contributed by atoms with Crippen LogP contribution in [0.25, 0.3) is 10.9 Å². The van der Waals surface area contributed by atoms with Crippen LogP contribution in [0.2, 0.25) is 0 Å². The molecular weight excluding hydrogens is 570 g/mol. The minimum Gasteiger partial charge on any atom is -0.480 e. The Morgan fingerprint density at radius 2 is 1.22 bits per heavy atom. The number of hydrogen-bond acceptors (Lipinski definition) is 5. The Balaban J connectivity index is 1.49. The van der Waals surface area contributed by atoms with Crippen LogP contribution in [-0.2, 0) is 38.4 Å². The van der Waals surface area contributed by atoms with Gasteiger partial charge in [0.25, 0.3) is 0 Å². The minimum absolute atomic E-state index is 0.000551. The number of amides is 3. The molecule has 1 heterocycles. The van der Waals surface area contributed by atoms with Crippen LogP contribution >= 0.6 is 0 Å². The molecule has 3 amide bonds. The maximum atomic E-state index is 13.7. The summed E-state index contributed by atoms with van der Waals surface area (Å²) in [4.78, 5) is 55.7. The summed E-state index contributed by atoms with van der Waals surface area (Å²) in [6.07, 6.45) is 2.51. The number of carbonyl (C=O) groups is 4. The highest BCUT2D eigenvalue weighted by Gasteiger charge is 2.31. The molecule has 45 heavy (non-hydrogen) atoms. The van der Waals surface area contributed by atoms with Crippen LogP contribution in [0.4, 0.5) is 0 Å². The number of rotatable bonds is 15. The number of nitrogens with one attached hydrogen (secondary N) is 4. The standard InChI is InChI=1S/C35H41N5O5/c1-22(2)17-29(33(42)40-31(35(44)45)20-25-21-37-28-16-10-9-15-26(25)28)39-34(43)30(19-24-13-7-4-8-14-24)38-32(41)27(36)18-23-11-5-3-6-12-23/h3-16,21-22,27,29-31,37H,17-20,36H2,1-2H3,(H,38,41)(H,39,43)(H,40,42)(H,44,45). The van der Waals surface area contributed by atoms with E-state index in [0.29, 0.717) is 0 Å². The third kappa shape index (κ3) is 9.51. The zero-order valence-corrected chi connectivity index (χ0v) is 25.5. The molecule has 0 aliphatic carbocycles. The quantitative estimate of drug-likeness (QED) is 0.121. The first-order chi connectivity index (χ1) is 21.6. The first-order valence-electron chi connectivity index (χ1n) is 15.1. The summed E-state index contributed by atoms with van der Waals surface area (Å²) >= 11 is 0. The molecule has 10 heteroatoms. The summed E-state index contributed by atoms with van der Waals surface area (Å²) in [6.45, 7) is 3.80. The number of aromatic nitrogens is 1. The fraction of sp³-hybridized carbons (Fsp3) is 0.314. The first-order valence-corrected chi connectivity index (χ1v) is 15.1. The molecule has 0 saturated heterocycles. The van der Waals surface area contributed by atoms with Crippen LogP contribution in [0, 0.1) is 5.92 Å². The molecular formula is C35H41N5O5. The molecule has 4 atom stereocenters. The molecule has 0 saturated carbocycles. The second kappa shape index (κ2) is 15.7. The van der Waals surface area contributed by atoms with Crippen molar-refractivity contribution >= 4 is 34.6 Å². The number of carboxylic acid groups (broad SMARTS) is 1. The molecule has 4 unspecified atom stereocenters. The number of H-pyrrole nitrogens is 1. The summed E-state index contributed by atoms with van der Waals surface area (Å²) in [5.41, 5.74) is 9.52. The van der Waals surface area contributed by atoms with Gasteiger partial charge >= 0.3 is 5.97 Å². The summed E-state index contributed by atoms with van der Waals surface area (Å²) in [5.74, 6) is -2.87. The molecule has 4 rings (SSSR count). The molecule has 0 radical (unpaired) electrons. The number of fused-ring (bicyclic) bond motifs is 1. The van der Waals surface area contributed by atoms with Gasteiger partial charge in [0.15, 0.2) is 0 Å². The normalized spacial score (nSPS) is 13.9. The molecule has 0 spiro atoms. The van der Waals surface area contributed by atoms with E-state index >= 15 is 0 Å². The average Bonchev–Trinajstić information content (AvgIpc) is 3.43. The summed E-state index contributed by atoms with van der Waals surface area (Å²) in [6, 6.07) is 21.9. The van der Waals surface area contributed by atoms with Crippen LogP contribution in [0.15, 0.2) is 91.1 Å². The van der Waals surface area contributed by atoms with Gasteiger partial charge in [-0.3, -0.25) is 14.4 Å². The Hall–Kier alpha value is -4.96. The van der Waals surface area contributed by atoms with Crippen molar-refractivity contribution in [1.29, 1.82) is 0 Å². The highest BCUT2D eigenvalue weighted by atomic mass is 16.4. The van der Waals surface area contributed by atoms with Gasteiger partial charge < -0.3 is 31.8 Å². The van der Waals surface area contributed by atoms with Gasteiger partial charge in [-0.25, -0.2) is 4.79 Å². The van der Waals surface area contributed by atoms with E-state index in [-0.39, 0.29) is 31.6 Å². The molecule has 0 aliphatic heterocycles. The zero-order valence-electron chi connectivity index (χ0n) is 25.5. The average molecular weight is 612 g/mol. The number of nitrogens with two attached hydrogens (primary N) is 1. The third-order valence-corrected chi connectivity index (χ3v) is 7.60. The van der Waals surface area contributed by atoms with E-state index < -0.39 is 47.9 Å². The Labute approximate surface area is 262 Å². The maximum absolute atomic E-state index is 13.7. The topological polar surface area (TPSA) is 166 Å². The van der Waals surface area contributed by atoms with Gasteiger partial charge in [-0.2, -0.15) is 0 Å². The summed E-state index contributed by atoms with van der Waals surface area (Å²) in [7, 11) is 0. The third-order valence-electron chi connectivity index (χ3n) is 7.60. The zero-order chi connectivity index (χ0) is 32.3. The monoisotopic (exact) mass is 611 g/mol. The van der Waals surface area contributed by atoms with Crippen molar-refractivity contribution in [3.05, 3.63) is 108 Å². The predicted molar refractivity (Wildman–Crippen MR) is 173 cm³/mol. The fourth-order valence-electron chi connectivity index (χ4n) is 5.27. The molecule has 0 fully saturated rings. The number of aromatic amines is 1. The Bertz CT molecular complexity index is 1590. The van der Waals surface area contributed by atoms with Gasteiger partial charge in [-0.15, -0.1) is 0 Å². The molecule has 0 aliphatic rings. The van der Waals surface area contributed by atoms with E-state index in [1.54, 1.807) is 6.20 Å². The van der Waals surface area contributed by atoms with Gasteiger partial charge in [0.2, 0.25) is 17.7 Å². The van der Waals surface area contributed by atoms with E-state index in [1.165, 1.54) is 0 Å². The lowest BCUT2D eigenvalue weighted by Crippen LogP contribution is -2.58. The van der Waals surface area contributed by atoms with Crippen molar-refractivity contribution in [2.75, 3.05) is 0 Å². The molecule has 7 N–H and O–H groups in total. The molecule has 236 valence electrons. The van der Waals surface area contributed by atoms with E-state index in [9.17, 15) is 24.3 Å². The molecule has 0 bridgehead atoms. The van der Waals surface area contributed by atoms with Crippen molar-refractivity contribution in [2.24, 2.45) is 11.7 Å². The SMILES string of the molecule is CC(C)CC(NC(=O)C(Cc1ccccc1)NC(=O)C(N)Cc1ccccc1)C(=O)NC(Cc1c[nH]c2ccccc12)C(=O)O. The van der Waals surface area contributed by atoms with Gasteiger partial charge in [-0.1, -0.05) is 92.7 Å². The number of hydrogen-bond donors (Lipinski definition) is 6. The predicted octanol–water partition coefficient (Wildman–Crippen LogP) is 3.11. The lowest BCUT2D eigenvalue weighted by atomic mass is 9.99. The van der Waals surface area contributed by atoms with Crippen LogP contribution in [0.3, 0.4) is 0 Å². The highest BCUT2D eigenvalue weighted by molar-refractivity contribution is 5.94. The van der Waals surface area contributed by atoms with Crippen LogP contribution < -0.4 is 21.7 Å². The number of carboxylic acids is 1. The molecule has 1 aromatic heterocycles. The van der Waals surface area contributed by atoms with Gasteiger partial charge in [0.1, 0.15) is 18.1 Å².